The zero-order chi connectivity index (χ0) is 19.1. The number of nitrogens with one attached hydrogen (secondary N) is 2. The van der Waals surface area contributed by atoms with Gasteiger partial charge in [-0.15, -0.1) is 0 Å². The third-order valence-corrected chi connectivity index (χ3v) is 5.07. The molecule has 1 aliphatic heterocycles. The molecule has 0 bridgehead atoms. The van der Waals surface area contributed by atoms with Gasteiger partial charge in [0.2, 0.25) is 5.91 Å². The highest BCUT2D eigenvalue weighted by molar-refractivity contribution is 5.98. The van der Waals surface area contributed by atoms with Gasteiger partial charge in [-0.2, -0.15) is 0 Å². The first-order valence-electron chi connectivity index (χ1n) is 9.88. The number of carbonyl (C=O) groups excluding carboxylic acids is 2. The molecule has 1 unspecified atom stereocenters. The average Bonchev–Trinajstić information content (AvgIpc) is 3.19. The van der Waals surface area contributed by atoms with Crippen molar-refractivity contribution >= 4 is 22.6 Å². The van der Waals surface area contributed by atoms with Crippen molar-refractivity contribution in [3.63, 3.8) is 0 Å². The predicted molar refractivity (Wildman–Crippen MR) is 109 cm³/mol. The van der Waals surface area contributed by atoms with Crippen LogP contribution in [0.3, 0.4) is 0 Å². The largest absolute Gasteiger partial charge is 0.356 e. The van der Waals surface area contributed by atoms with Crippen molar-refractivity contribution in [1.82, 2.24) is 15.5 Å². The molecule has 1 saturated heterocycles. The molecule has 1 aliphatic rings. The van der Waals surface area contributed by atoms with Gasteiger partial charge in [0.15, 0.2) is 0 Å². The van der Waals surface area contributed by atoms with E-state index < -0.39 is 0 Å². The number of rotatable bonds is 8. The summed E-state index contributed by atoms with van der Waals surface area (Å²) in [5.74, 6) is 0.289. The van der Waals surface area contributed by atoms with E-state index in [1.54, 1.807) is 0 Å². The second-order valence-corrected chi connectivity index (χ2v) is 7.48. The Morgan fingerprint density at radius 3 is 2.56 bits per heavy atom. The van der Waals surface area contributed by atoms with Gasteiger partial charge in [-0.25, -0.2) is 0 Å². The van der Waals surface area contributed by atoms with Crippen LogP contribution in [-0.4, -0.2) is 49.4 Å². The first-order valence-corrected chi connectivity index (χ1v) is 9.88. The maximum atomic E-state index is 12.3. The van der Waals surface area contributed by atoms with Crippen LogP contribution in [-0.2, 0) is 4.79 Å². The summed E-state index contributed by atoms with van der Waals surface area (Å²) >= 11 is 0. The molecule has 0 aliphatic carbocycles. The zero-order valence-corrected chi connectivity index (χ0v) is 16.0. The van der Waals surface area contributed by atoms with Crippen LogP contribution in [0.15, 0.2) is 42.5 Å². The molecular weight excluding hydrogens is 338 g/mol. The Kier molecular flexibility index (Phi) is 6.82. The Morgan fingerprint density at radius 2 is 1.78 bits per heavy atom. The van der Waals surface area contributed by atoms with E-state index in [2.05, 4.69) is 22.5 Å². The summed E-state index contributed by atoms with van der Waals surface area (Å²) in [6.07, 6.45) is 2.88. The summed E-state index contributed by atoms with van der Waals surface area (Å²) in [6, 6.07) is 13.6. The first-order chi connectivity index (χ1) is 13.1. The van der Waals surface area contributed by atoms with Gasteiger partial charge in [0, 0.05) is 31.6 Å². The summed E-state index contributed by atoms with van der Waals surface area (Å²) in [6.45, 7) is 6.60. The minimum atomic E-state index is -0.143. The van der Waals surface area contributed by atoms with E-state index in [4.69, 9.17) is 0 Å². The Balaban J connectivity index is 1.36. The van der Waals surface area contributed by atoms with Crippen LogP contribution in [0.2, 0.25) is 0 Å². The van der Waals surface area contributed by atoms with Gasteiger partial charge in [0.25, 0.3) is 5.91 Å². The first kappa shape index (κ1) is 19.4. The smallest absolute Gasteiger partial charge is 0.251 e. The molecule has 5 nitrogen and oxygen atoms in total. The van der Waals surface area contributed by atoms with Gasteiger partial charge in [-0.1, -0.05) is 37.3 Å². The van der Waals surface area contributed by atoms with Crippen molar-refractivity contribution in [3.8, 4) is 0 Å². The number of carbonyl (C=O) groups is 2. The Bertz CT molecular complexity index is 784. The van der Waals surface area contributed by atoms with Crippen molar-refractivity contribution < 1.29 is 9.59 Å². The summed E-state index contributed by atoms with van der Waals surface area (Å²) in [5.41, 5.74) is 0.619. The number of hydrogen-bond acceptors (Lipinski definition) is 3. The molecule has 2 N–H and O–H groups in total. The van der Waals surface area contributed by atoms with E-state index in [0.29, 0.717) is 31.0 Å². The molecule has 144 valence electrons. The topological polar surface area (TPSA) is 61.4 Å². The summed E-state index contributed by atoms with van der Waals surface area (Å²) in [7, 11) is 0. The van der Waals surface area contributed by atoms with E-state index in [-0.39, 0.29) is 11.8 Å². The zero-order valence-electron chi connectivity index (χ0n) is 16.0. The number of hydrogen-bond donors (Lipinski definition) is 2. The lowest BCUT2D eigenvalue weighted by atomic mass is 10.1. The summed E-state index contributed by atoms with van der Waals surface area (Å²) < 4.78 is 0. The fourth-order valence-electron chi connectivity index (χ4n) is 3.57. The maximum Gasteiger partial charge on any atom is 0.251 e. The number of amides is 2. The van der Waals surface area contributed by atoms with Crippen LogP contribution < -0.4 is 10.6 Å². The third kappa shape index (κ3) is 5.79. The van der Waals surface area contributed by atoms with E-state index in [1.165, 1.54) is 25.9 Å². The van der Waals surface area contributed by atoms with E-state index >= 15 is 0 Å². The number of benzene rings is 2. The van der Waals surface area contributed by atoms with Crippen molar-refractivity contribution in [2.45, 2.75) is 26.2 Å². The van der Waals surface area contributed by atoms with Crippen molar-refractivity contribution in [2.24, 2.45) is 5.92 Å². The molecule has 0 aromatic heterocycles. The summed E-state index contributed by atoms with van der Waals surface area (Å²) in [5, 5.41) is 7.95. The second-order valence-electron chi connectivity index (χ2n) is 7.48. The van der Waals surface area contributed by atoms with Gasteiger partial charge >= 0.3 is 0 Å². The SMILES string of the molecule is CC(CNC(=O)CCNC(=O)c1ccc2ccccc2c1)CN1CCCC1. The molecule has 3 rings (SSSR count). The molecule has 0 radical (unpaired) electrons. The molecule has 1 fully saturated rings. The van der Waals surface area contributed by atoms with Crippen LogP contribution >= 0.6 is 0 Å². The van der Waals surface area contributed by atoms with E-state index in [9.17, 15) is 9.59 Å². The number of likely N-dealkylation sites (tertiary alicyclic amines) is 1. The van der Waals surface area contributed by atoms with Crippen molar-refractivity contribution in [2.75, 3.05) is 32.7 Å². The van der Waals surface area contributed by atoms with Crippen LogP contribution in [0.1, 0.15) is 36.5 Å². The predicted octanol–water partition coefficient (Wildman–Crippen LogP) is 2.81. The van der Waals surface area contributed by atoms with E-state index in [0.717, 1.165) is 17.3 Å². The Labute approximate surface area is 161 Å². The van der Waals surface area contributed by atoms with Crippen LogP contribution in [0.5, 0.6) is 0 Å². The number of fused-ring (bicyclic) bond motifs is 1. The van der Waals surface area contributed by atoms with Crippen molar-refractivity contribution in [3.05, 3.63) is 48.0 Å². The lowest BCUT2D eigenvalue weighted by molar-refractivity contribution is -0.121. The molecule has 27 heavy (non-hydrogen) atoms. The fourth-order valence-corrected chi connectivity index (χ4v) is 3.57. The van der Waals surface area contributed by atoms with Gasteiger partial charge in [-0.05, 0) is 54.8 Å². The van der Waals surface area contributed by atoms with Crippen LogP contribution in [0.25, 0.3) is 10.8 Å². The minimum Gasteiger partial charge on any atom is -0.356 e. The van der Waals surface area contributed by atoms with Crippen LogP contribution in [0, 0.1) is 5.92 Å². The number of nitrogens with zero attached hydrogens (tertiary/aromatic N) is 1. The molecule has 2 aromatic carbocycles. The molecule has 0 saturated carbocycles. The molecular formula is C22H29N3O2. The monoisotopic (exact) mass is 367 g/mol. The normalized spacial score (nSPS) is 15.6. The van der Waals surface area contributed by atoms with E-state index in [1.807, 2.05) is 42.5 Å². The summed E-state index contributed by atoms with van der Waals surface area (Å²) in [4.78, 5) is 26.7. The molecule has 2 amide bonds. The highest BCUT2D eigenvalue weighted by Gasteiger charge is 2.15. The molecule has 2 aromatic rings. The fraction of sp³-hybridized carbons (Fsp3) is 0.455. The van der Waals surface area contributed by atoms with Crippen LogP contribution in [0.4, 0.5) is 0 Å². The average molecular weight is 367 g/mol. The maximum absolute atomic E-state index is 12.3. The standard InChI is InChI=1S/C22H29N3O2/c1-17(16-25-12-4-5-13-25)15-24-21(26)10-11-23-22(27)20-9-8-18-6-2-3-7-19(18)14-20/h2-3,6-9,14,17H,4-5,10-13,15-16H2,1H3,(H,23,27)(H,24,26). The third-order valence-electron chi connectivity index (χ3n) is 5.07. The highest BCUT2D eigenvalue weighted by Crippen LogP contribution is 2.15. The lowest BCUT2D eigenvalue weighted by Crippen LogP contribution is -2.36. The molecule has 0 spiro atoms. The Hall–Kier alpha value is -2.40. The molecule has 1 heterocycles. The molecule has 5 heteroatoms. The quantitative estimate of drug-likeness (QED) is 0.754. The van der Waals surface area contributed by atoms with Gasteiger partial charge in [-0.3, -0.25) is 9.59 Å². The molecule has 1 atom stereocenters. The van der Waals surface area contributed by atoms with Gasteiger partial charge < -0.3 is 15.5 Å². The van der Waals surface area contributed by atoms with Gasteiger partial charge in [0.1, 0.15) is 0 Å². The van der Waals surface area contributed by atoms with Gasteiger partial charge in [0.05, 0.1) is 0 Å². The lowest BCUT2D eigenvalue weighted by Gasteiger charge is -2.20. The Morgan fingerprint density at radius 1 is 1.04 bits per heavy atom. The highest BCUT2D eigenvalue weighted by atomic mass is 16.2. The van der Waals surface area contributed by atoms with Crippen molar-refractivity contribution in [1.29, 1.82) is 0 Å². The second kappa shape index (κ2) is 9.51. The minimum absolute atomic E-state index is 0.0120.